The van der Waals surface area contributed by atoms with E-state index in [1.807, 2.05) is 62.4 Å². The van der Waals surface area contributed by atoms with E-state index < -0.39 is 16.7 Å². The van der Waals surface area contributed by atoms with Crippen molar-refractivity contribution < 1.29 is 14.5 Å². The summed E-state index contributed by atoms with van der Waals surface area (Å²) in [5.74, 6) is -0.832. The Bertz CT molecular complexity index is 1260. The third kappa shape index (κ3) is 4.52. The molecule has 0 saturated carbocycles. The van der Waals surface area contributed by atoms with Crippen LogP contribution in [0.5, 0.6) is 0 Å². The van der Waals surface area contributed by atoms with Gasteiger partial charge in [0.15, 0.2) is 0 Å². The first-order valence-corrected chi connectivity index (χ1v) is 10.6. The Morgan fingerprint density at radius 1 is 0.909 bits per heavy atom. The number of benzene rings is 3. The van der Waals surface area contributed by atoms with Crippen molar-refractivity contribution in [1.29, 1.82) is 0 Å². The number of aryl methyl sites for hydroxylation is 2. The summed E-state index contributed by atoms with van der Waals surface area (Å²) in [7, 11) is 0. The molecule has 7 heteroatoms. The molecule has 1 N–H and O–H groups in total. The summed E-state index contributed by atoms with van der Waals surface area (Å²) >= 11 is 0. The van der Waals surface area contributed by atoms with Crippen LogP contribution in [0, 0.1) is 24.0 Å². The molecule has 1 aliphatic heterocycles. The maximum atomic E-state index is 13.4. The molecule has 0 unspecified atom stereocenters. The number of carbonyl (C=O) groups excluding carboxylic acids is 2. The standard InChI is InChI=1S/C26H23N3O4/c1-17-8-13-22(18(2)16-17)27-24-23(20-9-11-21(12-10-20)29(32)33)25(30)28(26(24)31)15-14-19-6-4-3-5-7-19/h3-13,16,27H,14-15H2,1-2H3. The molecule has 166 valence electrons. The van der Waals surface area contributed by atoms with Crippen LogP contribution in [-0.2, 0) is 16.0 Å². The molecule has 1 aliphatic rings. The SMILES string of the molecule is Cc1ccc(NC2=C(c3ccc([N+](=O)[O-])cc3)C(=O)N(CCc3ccccc3)C2=O)c(C)c1. The van der Waals surface area contributed by atoms with E-state index in [-0.39, 0.29) is 23.5 Å². The average Bonchev–Trinajstić information content (AvgIpc) is 3.04. The van der Waals surface area contributed by atoms with Gasteiger partial charge < -0.3 is 5.32 Å². The second kappa shape index (κ2) is 9.08. The van der Waals surface area contributed by atoms with Gasteiger partial charge >= 0.3 is 0 Å². The number of nitro groups is 1. The lowest BCUT2D eigenvalue weighted by Gasteiger charge is -2.16. The second-order valence-corrected chi connectivity index (χ2v) is 7.99. The van der Waals surface area contributed by atoms with Crippen LogP contribution in [0.1, 0.15) is 22.3 Å². The molecule has 3 aromatic rings. The smallest absolute Gasteiger partial charge is 0.278 e. The van der Waals surface area contributed by atoms with E-state index in [1.54, 1.807) is 0 Å². The van der Waals surface area contributed by atoms with Crippen LogP contribution >= 0.6 is 0 Å². The highest BCUT2D eigenvalue weighted by atomic mass is 16.6. The number of nitrogens with zero attached hydrogens (tertiary/aromatic N) is 2. The van der Waals surface area contributed by atoms with Crippen molar-refractivity contribution in [2.24, 2.45) is 0 Å². The fourth-order valence-electron chi connectivity index (χ4n) is 3.89. The van der Waals surface area contributed by atoms with Gasteiger partial charge in [-0.3, -0.25) is 24.6 Å². The summed E-state index contributed by atoms with van der Waals surface area (Å²) < 4.78 is 0. The van der Waals surface area contributed by atoms with Crippen molar-refractivity contribution in [2.75, 3.05) is 11.9 Å². The molecule has 0 radical (unpaired) electrons. The summed E-state index contributed by atoms with van der Waals surface area (Å²) in [5, 5.41) is 14.2. The van der Waals surface area contributed by atoms with E-state index in [9.17, 15) is 19.7 Å². The van der Waals surface area contributed by atoms with Gasteiger partial charge in [-0.25, -0.2) is 0 Å². The van der Waals surface area contributed by atoms with Crippen LogP contribution in [0.2, 0.25) is 0 Å². The Balaban J connectivity index is 1.70. The van der Waals surface area contributed by atoms with Gasteiger partial charge in [0.25, 0.3) is 17.5 Å². The number of carbonyl (C=O) groups is 2. The Morgan fingerprint density at radius 3 is 2.24 bits per heavy atom. The average molecular weight is 441 g/mol. The van der Waals surface area contributed by atoms with Crippen LogP contribution in [0.3, 0.4) is 0 Å². The molecule has 4 rings (SSSR count). The van der Waals surface area contributed by atoms with Crippen molar-refractivity contribution >= 4 is 28.8 Å². The number of hydrogen-bond donors (Lipinski definition) is 1. The number of anilines is 1. The van der Waals surface area contributed by atoms with Gasteiger partial charge in [0, 0.05) is 24.4 Å². The van der Waals surface area contributed by atoms with Crippen molar-refractivity contribution in [2.45, 2.75) is 20.3 Å². The molecule has 0 fully saturated rings. The second-order valence-electron chi connectivity index (χ2n) is 7.99. The summed E-state index contributed by atoms with van der Waals surface area (Å²) in [6.45, 7) is 4.14. The normalized spacial score (nSPS) is 13.6. The van der Waals surface area contributed by atoms with Crippen molar-refractivity contribution in [3.05, 3.63) is 111 Å². The van der Waals surface area contributed by atoms with Crippen LogP contribution in [-0.4, -0.2) is 28.2 Å². The lowest BCUT2D eigenvalue weighted by Crippen LogP contribution is -2.34. The number of amides is 2. The molecule has 0 aromatic heterocycles. The lowest BCUT2D eigenvalue weighted by atomic mass is 10.0. The molecule has 2 amide bonds. The zero-order chi connectivity index (χ0) is 23.5. The van der Waals surface area contributed by atoms with Gasteiger partial charge in [-0.05, 0) is 55.2 Å². The summed E-state index contributed by atoms with van der Waals surface area (Å²) in [6.07, 6.45) is 0.530. The number of rotatable bonds is 7. The lowest BCUT2D eigenvalue weighted by molar-refractivity contribution is -0.384. The number of hydrogen-bond acceptors (Lipinski definition) is 5. The fraction of sp³-hybridized carbons (Fsp3) is 0.154. The van der Waals surface area contributed by atoms with Gasteiger partial charge in [-0.1, -0.05) is 48.0 Å². The molecule has 3 aromatic carbocycles. The Morgan fingerprint density at radius 2 is 1.61 bits per heavy atom. The first-order chi connectivity index (χ1) is 15.8. The van der Waals surface area contributed by atoms with Crippen molar-refractivity contribution in [1.82, 2.24) is 4.90 Å². The maximum absolute atomic E-state index is 13.4. The quantitative estimate of drug-likeness (QED) is 0.327. The third-order valence-electron chi connectivity index (χ3n) is 5.64. The zero-order valence-electron chi connectivity index (χ0n) is 18.4. The molecule has 33 heavy (non-hydrogen) atoms. The van der Waals surface area contributed by atoms with Gasteiger partial charge in [-0.2, -0.15) is 0 Å². The predicted octanol–water partition coefficient (Wildman–Crippen LogP) is 4.65. The third-order valence-corrected chi connectivity index (χ3v) is 5.64. The molecule has 0 saturated heterocycles. The molecule has 0 bridgehead atoms. The largest absolute Gasteiger partial charge is 0.350 e. The first kappa shape index (κ1) is 22.0. The molecule has 1 heterocycles. The highest BCUT2D eigenvalue weighted by Gasteiger charge is 2.39. The predicted molar refractivity (Wildman–Crippen MR) is 126 cm³/mol. The van der Waals surface area contributed by atoms with E-state index in [4.69, 9.17) is 0 Å². The molecule has 0 spiro atoms. The molecule has 7 nitrogen and oxygen atoms in total. The maximum Gasteiger partial charge on any atom is 0.278 e. The Labute approximate surface area is 191 Å². The summed E-state index contributed by atoms with van der Waals surface area (Å²) in [5.41, 5.74) is 4.52. The van der Waals surface area contributed by atoms with Crippen molar-refractivity contribution in [3.8, 4) is 0 Å². The summed E-state index contributed by atoms with van der Waals surface area (Å²) in [4.78, 5) is 38.5. The highest BCUT2D eigenvalue weighted by Crippen LogP contribution is 2.32. The molecular weight excluding hydrogens is 418 g/mol. The zero-order valence-corrected chi connectivity index (χ0v) is 18.4. The Hall–Kier alpha value is -4.26. The summed E-state index contributed by atoms with van der Waals surface area (Å²) in [6, 6.07) is 21.1. The van der Waals surface area contributed by atoms with E-state index in [1.165, 1.54) is 29.2 Å². The van der Waals surface area contributed by atoms with Crippen molar-refractivity contribution in [3.63, 3.8) is 0 Å². The highest BCUT2D eigenvalue weighted by molar-refractivity contribution is 6.36. The fourth-order valence-corrected chi connectivity index (χ4v) is 3.89. The van der Waals surface area contributed by atoms with E-state index in [0.717, 1.165) is 22.4 Å². The minimum atomic E-state index is -0.499. The number of imide groups is 1. The van der Waals surface area contributed by atoms with Gasteiger partial charge in [0.05, 0.1) is 10.5 Å². The van der Waals surface area contributed by atoms with Gasteiger partial charge in [-0.15, -0.1) is 0 Å². The minimum Gasteiger partial charge on any atom is -0.350 e. The van der Waals surface area contributed by atoms with E-state index in [0.29, 0.717) is 12.0 Å². The van der Waals surface area contributed by atoms with E-state index in [2.05, 4.69) is 5.32 Å². The monoisotopic (exact) mass is 441 g/mol. The molecular formula is C26H23N3O4. The first-order valence-electron chi connectivity index (χ1n) is 10.6. The van der Waals surface area contributed by atoms with Crippen LogP contribution in [0.15, 0.2) is 78.5 Å². The number of nitrogens with one attached hydrogen (secondary N) is 1. The topological polar surface area (TPSA) is 92.6 Å². The van der Waals surface area contributed by atoms with E-state index >= 15 is 0 Å². The van der Waals surface area contributed by atoms with Crippen LogP contribution in [0.4, 0.5) is 11.4 Å². The molecule has 0 atom stereocenters. The minimum absolute atomic E-state index is 0.0825. The number of non-ortho nitro benzene ring substituents is 1. The van der Waals surface area contributed by atoms with Crippen LogP contribution < -0.4 is 5.32 Å². The van der Waals surface area contributed by atoms with Gasteiger partial charge in [0.1, 0.15) is 5.70 Å². The van der Waals surface area contributed by atoms with Crippen LogP contribution in [0.25, 0.3) is 5.57 Å². The number of nitro benzene ring substituents is 1. The molecule has 0 aliphatic carbocycles. The van der Waals surface area contributed by atoms with Gasteiger partial charge in [0.2, 0.25) is 0 Å². The Kier molecular flexibility index (Phi) is 6.04.